The lowest BCUT2D eigenvalue weighted by Crippen LogP contribution is -2.37. The summed E-state index contributed by atoms with van der Waals surface area (Å²) < 4.78 is 9.22. The Hall–Kier alpha value is -2.84. The highest BCUT2D eigenvalue weighted by Gasteiger charge is 2.21. The molecule has 3 aromatic rings. The fraction of sp³-hybridized carbons (Fsp3) is 0.350. The molecule has 0 aliphatic carbocycles. The zero-order valence-corrected chi connectivity index (χ0v) is 17.3. The van der Waals surface area contributed by atoms with Gasteiger partial charge in [-0.05, 0) is 24.1 Å². The van der Waals surface area contributed by atoms with Crippen molar-refractivity contribution >= 4 is 28.5 Å². The van der Waals surface area contributed by atoms with Crippen LogP contribution in [-0.2, 0) is 31.9 Å². The number of nitrogens with one attached hydrogen (secondary N) is 1. The molecule has 1 aromatic carbocycles. The molecule has 0 saturated carbocycles. The van der Waals surface area contributed by atoms with Gasteiger partial charge < -0.3 is 14.6 Å². The predicted molar refractivity (Wildman–Crippen MR) is 112 cm³/mol. The lowest BCUT2D eigenvalue weighted by molar-refractivity contribution is 0.0941. The zero-order chi connectivity index (χ0) is 21.1. The van der Waals surface area contributed by atoms with Gasteiger partial charge in [0.1, 0.15) is 11.3 Å². The summed E-state index contributed by atoms with van der Waals surface area (Å²) >= 11 is 6.16. The summed E-state index contributed by atoms with van der Waals surface area (Å²) in [6.07, 6.45) is 0.620. The van der Waals surface area contributed by atoms with Crippen LogP contribution in [0.5, 0.6) is 0 Å². The highest BCUT2D eigenvalue weighted by atomic mass is 35.5. The third kappa shape index (κ3) is 3.99. The maximum atomic E-state index is 12.9. The van der Waals surface area contributed by atoms with Gasteiger partial charge in [0, 0.05) is 45.9 Å². The second-order valence-corrected chi connectivity index (χ2v) is 7.15. The zero-order valence-electron chi connectivity index (χ0n) is 16.6. The number of benzene rings is 1. The number of carbonyl (C=O) groups excluding carboxylic acids is 1. The number of halogens is 1. The Labute approximate surface area is 172 Å². The minimum atomic E-state index is -0.448. The summed E-state index contributed by atoms with van der Waals surface area (Å²) in [6.45, 7) is 1.15. The van der Waals surface area contributed by atoms with Crippen molar-refractivity contribution < 1.29 is 9.53 Å². The van der Waals surface area contributed by atoms with Crippen LogP contribution in [0.2, 0.25) is 5.02 Å². The maximum absolute atomic E-state index is 12.9. The summed E-state index contributed by atoms with van der Waals surface area (Å²) in [6, 6.07) is 8.78. The van der Waals surface area contributed by atoms with Crippen LogP contribution in [0, 0.1) is 0 Å². The minimum absolute atomic E-state index is 0.245. The Kier molecular flexibility index (Phi) is 6.24. The molecule has 0 fully saturated rings. The van der Waals surface area contributed by atoms with E-state index in [9.17, 15) is 14.4 Å². The van der Waals surface area contributed by atoms with Gasteiger partial charge in [0.25, 0.3) is 11.5 Å². The molecule has 0 aliphatic heterocycles. The number of aromatic nitrogens is 3. The molecule has 0 spiro atoms. The number of fused-ring (bicyclic) bond motifs is 1. The second-order valence-electron chi connectivity index (χ2n) is 6.74. The quantitative estimate of drug-likeness (QED) is 0.591. The Morgan fingerprint density at radius 3 is 2.59 bits per heavy atom. The van der Waals surface area contributed by atoms with E-state index in [0.717, 1.165) is 10.1 Å². The molecule has 0 saturated heterocycles. The third-order valence-corrected chi connectivity index (χ3v) is 5.22. The van der Waals surface area contributed by atoms with Crippen LogP contribution in [0.1, 0.15) is 22.5 Å². The SMILES string of the molecule is COCCCn1c(C(=O)NCc2ccccc2Cl)cc2c(=O)n(C)c(=O)n(C)c21. The molecule has 2 heterocycles. The highest BCUT2D eigenvalue weighted by molar-refractivity contribution is 6.31. The molecule has 8 nitrogen and oxygen atoms in total. The van der Waals surface area contributed by atoms with E-state index in [2.05, 4.69) is 5.32 Å². The maximum Gasteiger partial charge on any atom is 0.332 e. The summed E-state index contributed by atoms with van der Waals surface area (Å²) in [7, 11) is 4.60. The third-order valence-electron chi connectivity index (χ3n) is 4.86. The summed E-state index contributed by atoms with van der Waals surface area (Å²) in [5.41, 5.74) is 0.622. The average Bonchev–Trinajstić information content (AvgIpc) is 3.10. The van der Waals surface area contributed by atoms with Crippen LogP contribution in [0.15, 0.2) is 39.9 Å². The number of nitrogens with zero attached hydrogens (tertiary/aromatic N) is 3. The van der Waals surface area contributed by atoms with Crippen molar-refractivity contribution in [1.29, 1.82) is 0 Å². The van der Waals surface area contributed by atoms with Crippen LogP contribution in [0.3, 0.4) is 0 Å². The highest BCUT2D eigenvalue weighted by Crippen LogP contribution is 2.18. The van der Waals surface area contributed by atoms with Crippen molar-refractivity contribution in [1.82, 2.24) is 19.0 Å². The second kappa shape index (κ2) is 8.67. The van der Waals surface area contributed by atoms with Crippen molar-refractivity contribution in [3.05, 3.63) is 67.4 Å². The fourth-order valence-electron chi connectivity index (χ4n) is 3.33. The predicted octanol–water partition coefficient (Wildman–Crippen LogP) is 1.66. The largest absolute Gasteiger partial charge is 0.385 e. The molecule has 154 valence electrons. The van der Waals surface area contributed by atoms with E-state index in [1.807, 2.05) is 18.2 Å². The van der Waals surface area contributed by atoms with E-state index >= 15 is 0 Å². The number of ether oxygens (including phenoxy) is 1. The number of aryl methyl sites for hydroxylation is 2. The Balaban J connectivity index is 2.04. The Morgan fingerprint density at radius 2 is 1.90 bits per heavy atom. The van der Waals surface area contributed by atoms with Gasteiger partial charge in [0.15, 0.2) is 0 Å². The van der Waals surface area contributed by atoms with E-state index in [0.29, 0.717) is 41.3 Å². The smallest absolute Gasteiger partial charge is 0.332 e. The van der Waals surface area contributed by atoms with Gasteiger partial charge in [-0.15, -0.1) is 0 Å². The molecule has 29 heavy (non-hydrogen) atoms. The first-order valence-electron chi connectivity index (χ1n) is 9.16. The number of hydrogen-bond donors (Lipinski definition) is 1. The molecule has 0 unspecified atom stereocenters. The first-order valence-corrected chi connectivity index (χ1v) is 9.54. The lowest BCUT2D eigenvalue weighted by Gasteiger charge is -2.13. The molecule has 1 amide bonds. The standard InChI is InChI=1S/C20H23ClN4O4/c1-23-18-14(19(27)24(2)20(23)28)11-16(25(18)9-6-10-29-3)17(26)22-12-13-7-4-5-8-15(13)21/h4-5,7-8,11H,6,9-10,12H2,1-3H3,(H,22,26). The summed E-state index contributed by atoms with van der Waals surface area (Å²) in [5, 5.41) is 3.72. The lowest BCUT2D eigenvalue weighted by atomic mass is 10.2. The van der Waals surface area contributed by atoms with Gasteiger partial charge in [0.05, 0.1) is 5.39 Å². The normalized spacial score (nSPS) is 11.2. The van der Waals surface area contributed by atoms with Gasteiger partial charge in [-0.3, -0.25) is 18.7 Å². The molecule has 9 heteroatoms. The van der Waals surface area contributed by atoms with Gasteiger partial charge in [-0.1, -0.05) is 29.8 Å². The van der Waals surface area contributed by atoms with E-state index in [1.165, 1.54) is 17.7 Å². The van der Waals surface area contributed by atoms with Crippen LogP contribution >= 0.6 is 11.6 Å². The van der Waals surface area contributed by atoms with E-state index < -0.39 is 11.2 Å². The van der Waals surface area contributed by atoms with E-state index in [1.54, 1.807) is 24.8 Å². The average molecular weight is 419 g/mol. The number of methoxy groups -OCH3 is 1. The first kappa shape index (κ1) is 20.9. The number of hydrogen-bond acceptors (Lipinski definition) is 4. The summed E-state index contributed by atoms with van der Waals surface area (Å²) in [5.74, 6) is -0.354. The van der Waals surface area contributed by atoms with Crippen molar-refractivity contribution in [2.75, 3.05) is 13.7 Å². The van der Waals surface area contributed by atoms with E-state index in [-0.39, 0.29) is 12.5 Å². The minimum Gasteiger partial charge on any atom is -0.385 e. The Morgan fingerprint density at radius 1 is 1.17 bits per heavy atom. The number of carbonyl (C=O) groups is 1. The van der Waals surface area contributed by atoms with Crippen molar-refractivity contribution in [2.24, 2.45) is 14.1 Å². The molecule has 1 N–H and O–H groups in total. The topological polar surface area (TPSA) is 87.3 Å². The molecule has 0 aliphatic rings. The molecule has 0 atom stereocenters. The van der Waals surface area contributed by atoms with Crippen molar-refractivity contribution in [3.63, 3.8) is 0 Å². The van der Waals surface area contributed by atoms with Gasteiger partial charge >= 0.3 is 5.69 Å². The van der Waals surface area contributed by atoms with Crippen LogP contribution in [-0.4, -0.2) is 33.3 Å². The molecule has 2 aromatic heterocycles. The van der Waals surface area contributed by atoms with Crippen LogP contribution in [0.25, 0.3) is 11.0 Å². The fourth-order valence-corrected chi connectivity index (χ4v) is 3.53. The van der Waals surface area contributed by atoms with E-state index in [4.69, 9.17) is 16.3 Å². The van der Waals surface area contributed by atoms with Gasteiger partial charge in [-0.25, -0.2) is 4.79 Å². The van der Waals surface area contributed by atoms with Crippen molar-refractivity contribution in [2.45, 2.75) is 19.5 Å². The molecule has 0 radical (unpaired) electrons. The summed E-state index contributed by atoms with van der Waals surface area (Å²) in [4.78, 5) is 37.9. The van der Waals surface area contributed by atoms with Crippen molar-refractivity contribution in [3.8, 4) is 0 Å². The monoisotopic (exact) mass is 418 g/mol. The number of amides is 1. The van der Waals surface area contributed by atoms with Crippen LogP contribution < -0.4 is 16.6 Å². The van der Waals surface area contributed by atoms with Gasteiger partial charge in [0.2, 0.25) is 0 Å². The number of rotatable bonds is 7. The first-order chi connectivity index (χ1) is 13.9. The Bertz CT molecular complexity index is 1180. The van der Waals surface area contributed by atoms with Gasteiger partial charge in [-0.2, -0.15) is 0 Å². The molecular formula is C20H23ClN4O4. The molecule has 0 bridgehead atoms. The van der Waals surface area contributed by atoms with Crippen LogP contribution in [0.4, 0.5) is 0 Å². The molecule has 3 rings (SSSR count). The molecular weight excluding hydrogens is 396 g/mol.